The highest BCUT2D eigenvalue weighted by Crippen LogP contribution is 2.29. The smallest absolute Gasteiger partial charge is 0.412 e. The van der Waals surface area contributed by atoms with Crippen molar-refractivity contribution in [1.82, 2.24) is 4.72 Å². The molecule has 3 rings (SSSR count). The summed E-state index contributed by atoms with van der Waals surface area (Å²) in [6, 6.07) is 7.08. The number of hydrogen-bond donors (Lipinski definition) is 2. The van der Waals surface area contributed by atoms with Gasteiger partial charge in [-0.25, -0.2) is 17.9 Å². The van der Waals surface area contributed by atoms with Gasteiger partial charge in [0, 0.05) is 5.69 Å². The van der Waals surface area contributed by atoms with E-state index in [1.165, 1.54) is 5.56 Å². The summed E-state index contributed by atoms with van der Waals surface area (Å²) in [6.07, 6.45) is -1.04. The molecular weight excluding hydrogens is 360 g/mol. The molecule has 0 aromatic heterocycles. The van der Waals surface area contributed by atoms with Crippen LogP contribution in [0.5, 0.6) is 0 Å². The SMILES string of the molecule is CC(C)c1ccc(NC(=O)O[C@@H]2CO[C@H]3[C@@H]2OC[C@@H]3NS(C)(=O)=O)cc1. The summed E-state index contributed by atoms with van der Waals surface area (Å²) in [5.41, 5.74) is 1.82. The zero-order valence-electron chi connectivity index (χ0n) is 15.0. The Morgan fingerprint density at radius 1 is 1.15 bits per heavy atom. The fourth-order valence-electron chi connectivity index (χ4n) is 3.18. The van der Waals surface area contributed by atoms with Crippen molar-refractivity contribution in [2.45, 2.75) is 44.1 Å². The lowest BCUT2D eigenvalue weighted by molar-refractivity contribution is 0.00884. The van der Waals surface area contributed by atoms with Crippen molar-refractivity contribution in [2.24, 2.45) is 0 Å². The van der Waals surface area contributed by atoms with Crippen LogP contribution in [0, 0.1) is 0 Å². The van der Waals surface area contributed by atoms with Gasteiger partial charge in [-0.1, -0.05) is 26.0 Å². The van der Waals surface area contributed by atoms with Crippen molar-refractivity contribution < 1.29 is 27.4 Å². The first-order valence-electron chi connectivity index (χ1n) is 8.51. The Labute approximate surface area is 153 Å². The highest BCUT2D eigenvalue weighted by atomic mass is 32.2. The van der Waals surface area contributed by atoms with Gasteiger partial charge < -0.3 is 14.2 Å². The van der Waals surface area contributed by atoms with Crippen molar-refractivity contribution in [3.8, 4) is 0 Å². The lowest BCUT2D eigenvalue weighted by Gasteiger charge is -2.17. The molecule has 26 heavy (non-hydrogen) atoms. The topological polar surface area (TPSA) is 103 Å². The lowest BCUT2D eigenvalue weighted by Crippen LogP contribution is -2.44. The van der Waals surface area contributed by atoms with E-state index >= 15 is 0 Å². The number of carbonyl (C=O) groups is 1. The minimum atomic E-state index is -3.37. The van der Waals surface area contributed by atoms with E-state index in [0.29, 0.717) is 11.6 Å². The van der Waals surface area contributed by atoms with E-state index in [0.717, 1.165) is 6.26 Å². The second-order valence-electron chi connectivity index (χ2n) is 6.94. The number of rotatable bonds is 5. The first kappa shape index (κ1) is 19.1. The molecule has 8 nitrogen and oxygen atoms in total. The molecular formula is C17H24N2O6S. The summed E-state index contributed by atoms with van der Waals surface area (Å²) in [5.74, 6) is 0.413. The van der Waals surface area contributed by atoms with E-state index in [1.807, 2.05) is 24.3 Å². The Hall–Kier alpha value is -1.68. The summed E-state index contributed by atoms with van der Waals surface area (Å²) in [5, 5.41) is 2.68. The van der Waals surface area contributed by atoms with E-state index in [9.17, 15) is 13.2 Å². The van der Waals surface area contributed by atoms with Crippen LogP contribution in [0.1, 0.15) is 25.3 Å². The van der Waals surface area contributed by atoms with E-state index in [1.54, 1.807) is 0 Å². The molecule has 2 heterocycles. The minimum absolute atomic E-state index is 0.164. The molecule has 2 aliphatic rings. The van der Waals surface area contributed by atoms with Gasteiger partial charge >= 0.3 is 6.09 Å². The van der Waals surface area contributed by atoms with Crippen LogP contribution in [0.2, 0.25) is 0 Å². The van der Waals surface area contributed by atoms with Crippen LogP contribution < -0.4 is 10.0 Å². The summed E-state index contributed by atoms with van der Waals surface area (Å²) in [6.45, 7) is 4.54. The number of benzene rings is 1. The largest absolute Gasteiger partial charge is 0.441 e. The van der Waals surface area contributed by atoms with Gasteiger partial charge in [0.15, 0.2) is 6.10 Å². The van der Waals surface area contributed by atoms with Crippen molar-refractivity contribution in [3.05, 3.63) is 29.8 Å². The molecule has 0 bridgehead atoms. The Balaban J connectivity index is 1.54. The van der Waals surface area contributed by atoms with Crippen LogP contribution in [-0.2, 0) is 24.2 Å². The zero-order valence-corrected chi connectivity index (χ0v) is 15.8. The van der Waals surface area contributed by atoms with E-state index < -0.39 is 40.5 Å². The van der Waals surface area contributed by atoms with Gasteiger partial charge in [-0.2, -0.15) is 0 Å². The summed E-state index contributed by atoms with van der Waals surface area (Å²) in [7, 11) is -3.37. The number of hydrogen-bond acceptors (Lipinski definition) is 6. The Morgan fingerprint density at radius 3 is 2.42 bits per heavy atom. The highest BCUT2D eigenvalue weighted by molar-refractivity contribution is 7.88. The molecule has 2 saturated heterocycles. The number of anilines is 1. The molecule has 1 aromatic rings. The minimum Gasteiger partial charge on any atom is -0.441 e. The molecule has 2 fully saturated rings. The molecule has 0 spiro atoms. The fourth-order valence-corrected chi connectivity index (χ4v) is 3.93. The first-order chi connectivity index (χ1) is 12.2. The number of ether oxygens (including phenoxy) is 3. The summed E-state index contributed by atoms with van der Waals surface area (Å²) < 4.78 is 41.8. The second-order valence-corrected chi connectivity index (χ2v) is 8.72. The monoisotopic (exact) mass is 384 g/mol. The number of fused-ring (bicyclic) bond motifs is 1. The Bertz CT molecular complexity index is 749. The molecule has 0 aliphatic carbocycles. The van der Waals surface area contributed by atoms with Crippen LogP contribution in [-0.4, -0.2) is 58.3 Å². The highest BCUT2D eigenvalue weighted by Gasteiger charge is 2.50. The summed E-state index contributed by atoms with van der Waals surface area (Å²) >= 11 is 0. The van der Waals surface area contributed by atoms with E-state index in [2.05, 4.69) is 23.9 Å². The fraction of sp³-hybridized carbons (Fsp3) is 0.588. The molecule has 9 heteroatoms. The Kier molecular flexibility index (Phi) is 5.52. The zero-order chi connectivity index (χ0) is 18.9. The average Bonchev–Trinajstić information content (AvgIpc) is 3.10. The number of sulfonamides is 1. The molecule has 2 aliphatic heterocycles. The molecule has 0 saturated carbocycles. The Morgan fingerprint density at radius 2 is 1.81 bits per heavy atom. The van der Waals surface area contributed by atoms with Crippen LogP contribution in [0.15, 0.2) is 24.3 Å². The van der Waals surface area contributed by atoms with Gasteiger partial charge in [0.1, 0.15) is 12.2 Å². The number of amides is 1. The van der Waals surface area contributed by atoms with Crippen molar-refractivity contribution >= 4 is 21.8 Å². The molecule has 1 amide bonds. The standard InChI is InChI=1S/C17H24N2O6S/c1-10(2)11-4-6-12(7-5-11)18-17(20)25-14-9-24-15-13(8-23-16(14)15)19-26(3,21)22/h4-7,10,13-16,19H,8-9H2,1-3H3,(H,18,20)/t13-,14+,15+,16+/m0/s1. The second kappa shape index (κ2) is 7.51. The van der Waals surface area contributed by atoms with E-state index in [-0.39, 0.29) is 13.2 Å². The van der Waals surface area contributed by atoms with Crippen molar-refractivity contribution in [1.29, 1.82) is 0 Å². The molecule has 1 aromatic carbocycles. The van der Waals surface area contributed by atoms with Gasteiger partial charge in [-0.05, 0) is 23.6 Å². The predicted octanol–water partition coefficient (Wildman–Crippen LogP) is 1.44. The normalized spacial score (nSPS) is 28.2. The third-order valence-electron chi connectivity index (χ3n) is 4.46. The van der Waals surface area contributed by atoms with Crippen LogP contribution in [0.4, 0.5) is 10.5 Å². The van der Waals surface area contributed by atoms with Gasteiger partial charge in [-0.15, -0.1) is 0 Å². The molecule has 144 valence electrons. The quantitative estimate of drug-likeness (QED) is 0.796. The lowest BCUT2D eigenvalue weighted by atomic mass is 10.0. The number of carbonyl (C=O) groups excluding carboxylic acids is 1. The van der Waals surface area contributed by atoms with Crippen LogP contribution in [0.3, 0.4) is 0 Å². The van der Waals surface area contributed by atoms with Crippen LogP contribution in [0.25, 0.3) is 0 Å². The van der Waals surface area contributed by atoms with Gasteiger partial charge in [0.25, 0.3) is 0 Å². The predicted molar refractivity (Wildman–Crippen MR) is 95.7 cm³/mol. The van der Waals surface area contributed by atoms with Crippen molar-refractivity contribution in [3.63, 3.8) is 0 Å². The maximum Gasteiger partial charge on any atom is 0.412 e. The van der Waals surface area contributed by atoms with Crippen molar-refractivity contribution in [2.75, 3.05) is 24.8 Å². The summed E-state index contributed by atoms with van der Waals surface area (Å²) in [4.78, 5) is 12.1. The van der Waals surface area contributed by atoms with Gasteiger partial charge in [0.2, 0.25) is 10.0 Å². The van der Waals surface area contributed by atoms with Crippen LogP contribution >= 0.6 is 0 Å². The van der Waals surface area contributed by atoms with E-state index in [4.69, 9.17) is 14.2 Å². The molecule has 0 unspecified atom stereocenters. The third kappa shape index (κ3) is 4.53. The molecule has 2 N–H and O–H groups in total. The molecule has 0 radical (unpaired) electrons. The third-order valence-corrected chi connectivity index (χ3v) is 5.19. The average molecular weight is 384 g/mol. The molecule has 4 atom stereocenters. The van der Waals surface area contributed by atoms with Gasteiger partial charge in [-0.3, -0.25) is 5.32 Å². The van der Waals surface area contributed by atoms with Gasteiger partial charge in [0.05, 0.1) is 25.5 Å². The maximum atomic E-state index is 12.1. The number of nitrogens with one attached hydrogen (secondary N) is 2. The first-order valence-corrected chi connectivity index (χ1v) is 10.4. The maximum absolute atomic E-state index is 12.1.